The summed E-state index contributed by atoms with van der Waals surface area (Å²) < 4.78 is 26.4. The van der Waals surface area contributed by atoms with E-state index in [0.29, 0.717) is 0 Å². The average Bonchev–Trinajstić information content (AvgIpc) is 2.56. The van der Waals surface area contributed by atoms with Crippen molar-refractivity contribution in [1.29, 1.82) is 0 Å². The van der Waals surface area contributed by atoms with E-state index >= 15 is 0 Å². The largest absolute Gasteiger partial charge is 0.394 e. The van der Waals surface area contributed by atoms with Gasteiger partial charge in [0.2, 0.25) is 0 Å². The van der Waals surface area contributed by atoms with Gasteiger partial charge in [-0.15, -0.1) is 0 Å². The van der Waals surface area contributed by atoms with Crippen LogP contribution in [0.1, 0.15) is 6.92 Å². The zero-order chi connectivity index (χ0) is 18.0. The molecule has 24 heavy (non-hydrogen) atoms. The molecule has 2 aliphatic rings. The highest BCUT2D eigenvalue weighted by atomic mass is 16.7. The van der Waals surface area contributed by atoms with Crippen LogP contribution in [-0.2, 0) is 23.7 Å². The summed E-state index contributed by atoms with van der Waals surface area (Å²) in [7, 11) is 2.63. The van der Waals surface area contributed by atoms with Crippen LogP contribution in [0, 0.1) is 0 Å². The number of methoxy groups -OCH3 is 2. The lowest BCUT2D eigenvalue weighted by molar-refractivity contribution is -0.362. The molecular weight excluding hydrogens is 328 g/mol. The van der Waals surface area contributed by atoms with Crippen molar-refractivity contribution in [3.8, 4) is 0 Å². The lowest BCUT2D eigenvalue weighted by atomic mass is 9.97. The second-order valence-electron chi connectivity index (χ2n) is 5.93. The Labute approximate surface area is 139 Å². The van der Waals surface area contributed by atoms with Crippen molar-refractivity contribution in [3.05, 3.63) is 0 Å². The molecular formula is C14H26O10. The molecule has 10 nitrogen and oxygen atoms in total. The van der Waals surface area contributed by atoms with Gasteiger partial charge in [0.1, 0.15) is 42.7 Å². The van der Waals surface area contributed by atoms with Crippen LogP contribution in [0.25, 0.3) is 0 Å². The van der Waals surface area contributed by atoms with Crippen molar-refractivity contribution < 1.29 is 49.2 Å². The summed E-state index contributed by atoms with van der Waals surface area (Å²) in [5.41, 5.74) is 0. The molecule has 2 aliphatic heterocycles. The Balaban J connectivity index is 2.12. The molecule has 0 bridgehead atoms. The molecule has 2 heterocycles. The number of aliphatic hydroxyl groups excluding tert-OH is 5. The standard InChI is InChI=1S/C14H26O10/c1-5-7(16)8(17)12(21-3)14(22-5)24-11-9(18)10(20-2)6(4-15)23-13(11)19/h5-19H,4H2,1-3H3/t5-,6+,7+,8+,9-,10-,11+,12-,13+,14-/m0/s1. The highest BCUT2D eigenvalue weighted by Crippen LogP contribution is 2.30. The SMILES string of the molecule is CO[C@@H]1[C@H](O[C@@H]2[C@@H](O)[C@@H](OC)[C@@H](CO)O[C@H]2O)O[C@@H](C)[C@@H](O)[C@H]1O. The summed E-state index contributed by atoms with van der Waals surface area (Å²) in [6.07, 6.45) is -11.4. The molecule has 0 aromatic rings. The van der Waals surface area contributed by atoms with Gasteiger partial charge in [0.25, 0.3) is 0 Å². The second kappa shape index (κ2) is 8.32. The summed E-state index contributed by atoms with van der Waals surface area (Å²) in [6, 6.07) is 0. The summed E-state index contributed by atoms with van der Waals surface area (Å²) in [4.78, 5) is 0. The van der Waals surface area contributed by atoms with Crippen molar-refractivity contribution in [2.24, 2.45) is 0 Å². The predicted molar refractivity (Wildman–Crippen MR) is 76.8 cm³/mol. The topological polar surface area (TPSA) is 147 Å². The van der Waals surface area contributed by atoms with E-state index < -0.39 is 68.0 Å². The van der Waals surface area contributed by atoms with Gasteiger partial charge in [0.05, 0.1) is 12.7 Å². The van der Waals surface area contributed by atoms with E-state index in [1.165, 1.54) is 14.2 Å². The van der Waals surface area contributed by atoms with E-state index in [9.17, 15) is 25.5 Å². The van der Waals surface area contributed by atoms with Gasteiger partial charge in [0.15, 0.2) is 12.6 Å². The Kier molecular flexibility index (Phi) is 6.90. The van der Waals surface area contributed by atoms with Crippen LogP contribution in [0.4, 0.5) is 0 Å². The van der Waals surface area contributed by atoms with E-state index in [0.717, 1.165) is 0 Å². The zero-order valence-electron chi connectivity index (χ0n) is 13.8. The molecule has 2 fully saturated rings. The predicted octanol–water partition coefficient (Wildman–Crippen LogP) is -3.06. The lowest BCUT2D eigenvalue weighted by Gasteiger charge is -2.46. The first-order chi connectivity index (χ1) is 11.3. The minimum Gasteiger partial charge on any atom is -0.394 e. The number of ether oxygens (including phenoxy) is 5. The quantitative estimate of drug-likeness (QED) is 0.345. The Morgan fingerprint density at radius 3 is 2.00 bits per heavy atom. The Bertz CT molecular complexity index is 396. The van der Waals surface area contributed by atoms with E-state index in [1.807, 2.05) is 0 Å². The van der Waals surface area contributed by atoms with Crippen molar-refractivity contribution in [2.45, 2.75) is 68.3 Å². The lowest BCUT2D eigenvalue weighted by Crippen LogP contribution is -2.64. The van der Waals surface area contributed by atoms with Crippen molar-refractivity contribution in [1.82, 2.24) is 0 Å². The van der Waals surface area contributed by atoms with Gasteiger partial charge in [-0.1, -0.05) is 0 Å². The van der Waals surface area contributed by atoms with Gasteiger partial charge >= 0.3 is 0 Å². The third-order valence-electron chi connectivity index (χ3n) is 4.43. The van der Waals surface area contributed by atoms with E-state index in [1.54, 1.807) is 6.92 Å². The number of aliphatic hydroxyl groups is 5. The van der Waals surface area contributed by atoms with Crippen LogP contribution in [0.5, 0.6) is 0 Å². The molecule has 0 saturated carbocycles. The molecule has 2 saturated heterocycles. The van der Waals surface area contributed by atoms with Gasteiger partial charge in [-0.05, 0) is 6.92 Å². The highest BCUT2D eigenvalue weighted by Gasteiger charge is 2.50. The van der Waals surface area contributed by atoms with E-state index in [-0.39, 0.29) is 0 Å². The maximum atomic E-state index is 10.4. The van der Waals surface area contributed by atoms with Gasteiger partial charge in [-0.2, -0.15) is 0 Å². The van der Waals surface area contributed by atoms with Crippen molar-refractivity contribution in [3.63, 3.8) is 0 Å². The molecule has 5 N–H and O–H groups in total. The fourth-order valence-electron chi connectivity index (χ4n) is 3.01. The maximum Gasteiger partial charge on any atom is 0.187 e. The molecule has 10 heteroatoms. The summed E-state index contributed by atoms with van der Waals surface area (Å²) >= 11 is 0. The number of hydrogen-bond donors (Lipinski definition) is 5. The zero-order valence-corrected chi connectivity index (χ0v) is 13.8. The molecule has 0 spiro atoms. The molecule has 0 amide bonds. The molecule has 0 aromatic carbocycles. The number of hydrogen-bond acceptors (Lipinski definition) is 10. The van der Waals surface area contributed by atoms with Crippen LogP contribution < -0.4 is 0 Å². The Morgan fingerprint density at radius 2 is 1.46 bits per heavy atom. The summed E-state index contributed by atoms with van der Waals surface area (Å²) in [5.74, 6) is 0. The van der Waals surface area contributed by atoms with Crippen molar-refractivity contribution >= 4 is 0 Å². The minimum absolute atomic E-state index is 0.456. The third-order valence-corrected chi connectivity index (χ3v) is 4.43. The van der Waals surface area contributed by atoms with E-state index in [4.69, 9.17) is 23.7 Å². The van der Waals surface area contributed by atoms with E-state index in [2.05, 4.69) is 0 Å². The van der Waals surface area contributed by atoms with Gasteiger partial charge in [-0.3, -0.25) is 0 Å². The monoisotopic (exact) mass is 354 g/mol. The summed E-state index contributed by atoms with van der Waals surface area (Å²) in [5, 5.41) is 49.6. The normalized spacial score (nSPS) is 50.0. The fraction of sp³-hybridized carbons (Fsp3) is 1.00. The van der Waals surface area contributed by atoms with Crippen molar-refractivity contribution in [2.75, 3.05) is 20.8 Å². The van der Waals surface area contributed by atoms with Gasteiger partial charge < -0.3 is 49.2 Å². The molecule has 0 unspecified atom stereocenters. The Hall–Kier alpha value is -0.400. The van der Waals surface area contributed by atoms with Gasteiger partial charge in [0, 0.05) is 14.2 Å². The first kappa shape index (κ1) is 19.9. The van der Waals surface area contributed by atoms with Gasteiger partial charge in [-0.25, -0.2) is 0 Å². The minimum atomic E-state index is -1.55. The summed E-state index contributed by atoms with van der Waals surface area (Å²) in [6.45, 7) is 1.09. The van der Waals surface area contributed by atoms with Crippen LogP contribution in [0.3, 0.4) is 0 Å². The molecule has 0 radical (unpaired) electrons. The molecule has 142 valence electrons. The van der Waals surface area contributed by atoms with Crippen LogP contribution in [0.2, 0.25) is 0 Å². The van der Waals surface area contributed by atoms with Crippen LogP contribution >= 0.6 is 0 Å². The Morgan fingerprint density at radius 1 is 0.833 bits per heavy atom. The molecule has 0 aliphatic carbocycles. The fourth-order valence-corrected chi connectivity index (χ4v) is 3.01. The molecule has 2 rings (SSSR count). The molecule has 0 aromatic heterocycles. The molecule has 10 atom stereocenters. The second-order valence-corrected chi connectivity index (χ2v) is 5.93. The smallest absolute Gasteiger partial charge is 0.187 e. The van der Waals surface area contributed by atoms with Crippen LogP contribution in [-0.4, -0.2) is 108 Å². The average molecular weight is 354 g/mol. The first-order valence-electron chi connectivity index (χ1n) is 7.70. The maximum absolute atomic E-state index is 10.4. The third kappa shape index (κ3) is 3.73. The highest BCUT2D eigenvalue weighted by molar-refractivity contribution is 4.93. The first-order valence-corrected chi connectivity index (χ1v) is 7.70. The van der Waals surface area contributed by atoms with Crippen LogP contribution in [0.15, 0.2) is 0 Å². The number of rotatable bonds is 5.